The Kier molecular flexibility index (Phi) is 4.13. The minimum atomic E-state index is 0.323. The highest BCUT2D eigenvalue weighted by Crippen LogP contribution is 2.20. The number of benzene rings is 1. The second-order valence-corrected chi connectivity index (χ2v) is 5.34. The van der Waals surface area contributed by atoms with Crippen LogP contribution >= 0.6 is 0 Å². The summed E-state index contributed by atoms with van der Waals surface area (Å²) in [7, 11) is 0. The normalized spacial score (nSPS) is 16.0. The van der Waals surface area contributed by atoms with E-state index in [0.717, 1.165) is 49.8 Å². The molecular formula is C16H20N4O. The van der Waals surface area contributed by atoms with Crippen LogP contribution in [0.5, 0.6) is 0 Å². The zero-order chi connectivity index (χ0) is 14.7. The largest absolute Gasteiger partial charge is 0.379 e. The lowest BCUT2D eigenvalue weighted by Gasteiger charge is -2.26. The zero-order valence-electron chi connectivity index (χ0n) is 12.2. The first-order chi connectivity index (χ1) is 10.2. The molecular weight excluding hydrogens is 264 g/mol. The maximum absolute atomic E-state index is 5.74. The molecule has 0 spiro atoms. The highest BCUT2D eigenvalue weighted by molar-refractivity contribution is 5.61. The van der Waals surface area contributed by atoms with Gasteiger partial charge in [-0.3, -0.25) is 4.90 Å². The molecule has 0 amide bonds. The van der Waals surface area contributed by atoms with E-state index in [4.69, 9.17) is 10.5 Å². The van der Waals surface area contributed by atoms with Crippen LogP contribution in [0.25, 0.3) is 11.3 Å². The summed E-state index contributed by atoms with van der Waals surface area (Å²) in [6.45, 7) is 6.49. The Morgan fingerprint density at radius 1 is 1.19 bits per heavy atom. The summed E-state index contributed by atoms with van der Waals surface area (Å²) in [5.41, 5.74) is 9.87. The van der Waals surface area contributed by atoms with Crippen LogP contribution in [0, 0.1) is 6.92 Å². The maximum atomic E-state index is 5.74. The lowest BCUT2D eigenvalue weighted by Crippen LogP contribution is -2.35. The van der Waals surface area contributed by atoms with Gasteiger partial charge in [-0.2, -0.15) is 0 Å². The number of aryl methyl sites for hydroxylation is 1. The summed E-state index contributed by atoms with van der Waals surface area (Å²) in [5.74, 6) is 0.323. The highest BCUT2D eigenvalue weighted by atomic mass is 16.5. The molecule has 1 aliphatic heterocycles. The van der Waals surface area contributed by atoms with Crippen molar-refractivity contribution in [3.8, 4) is 11.3 Å². The molecule has 1 aliphatic rings. The molecule has 110 valence electrons. The predicted octanol–water partition coefficient (Wildman–Crippen LogP) is 1.87. The van der Waals surface area contributed by atoms with Crippen LogP contribution in [-0.2, 0) is 11.3 Å². The van der Waals surface area contributed by atoms with Crippen molar-refractivity contribution in [2.24, 2.45) is 0 Å². The van der Waals surface area contributed by atoms with Gasteiger partial charge in [0.1, 0.15) is 0 Å². The number of hydrogen-bond acceptors (Lipinski definition) is 5. The Balaban J connectivity index is 1.82. The van der Waals surface area contributed by atoms with E-state index in [1.54, 1.807) is 0 Å². The number of nitrogens with two attached hydrogens (primary N) is 1. The van der Waals surface area contributed by atoms with Gasteiger partial charge in [0.2, 0.25) is 5.95 Å². The molecule has 1 aromatic carbocycles. The Morgan fingerprint density at radius 3 is 2.76 bits per heavy atom. The monoisotopic (exact) mass is 284 g/mol. The first kappa shape index (κ1) is 14.0. The topological polar surface area (TPSA) is 64.3 Å². The third-order valence-corrected chi connectivity index (χ3v) is 3.60. The molecule has 2 aromatic rings. The van der Waals surface area contributed by atoms with Gasteiger partial charge in [-0.05, 0) is 24.6 Å². The first-order valence-corrected chi connectivity index (χ1v) is 7.21. The minimum Gasteiger partial charge on any atom is -0.379 e. The molecule has 0 atom stereocenters. The van der Waals surface area contributed by atoms with Crippen LogP contribution in [-0.4, -0.2) is 41.2 Å². The highest BCUT2D eigenvalue weighted by Gasteiger charge is 2.11. The summed E-state index contributed by atoms with van der Waals surface area (Å²) in [5, 5.41) is 0. The summed E-state index contributed by atoms with van der Waals surface area (Å²) < 4.78 is 5.38. The molecule has 0 unspecified atom stereocenters. The standard InChI is InChI=1S/C16H20N4O/c1-12-9-15(19-16(17)18-12)14-4-2-3-13(10-14)11-20-5-7-21-8-6-20/h2-4,9-10H,5-8,11H2,1H3,(H2,17,18,19). The zero-order valence-corrected chi connectivity index (χ0v) is 12.2. The smallest absolute Gasteiger partial charge is 0.220 e. The number of aromatic nitrogens is 2. The Labute approximate surface area is 124 Å². The fraction of sp³-hybridized carbons (Fsp3) is 0.375. The molecule has 3 rings (SSSR count). The average Bonchev–Trinajstić information content (AvgIpc) is 2.47. The number of nitrogen functional groups attached to an aromatic ring is 1. The van der Waals surface area contributed by atoms with Crippen molar-refractivity contribution in [3.05, 3.63) is 41.6 Å². The van der Waals surface area contributed by atoms with Gasteiger partial charge in [-0.1, -0.05) is 18.2 Å². The van der Waals surface area contributed by atoms with Crippen LogP contribution in [0.15, 0.2) is 30.3 Å². The quantitative estimate of drug-likeness (QED) is 0.932. The van der Waals surface area contributed by atoms with Crippen molar-refractivity contribution < 1.29 is 4.74 Å². The van der Waals surface area contributed by atoms with Gasteiger partial charge < -0.3 is 10.5 Å². The van der Waals surface area contributed by atoms with Crippen molar-refractivity contribution in [3.63, 3.8) is 0 Å². The summed E-state index contributed by atoms with van der Waals surface area (Å²) in [6, 6.07) is 10.4. The van der Waals surface area contributed by atoms with Crippen LogP contribution < -0.4 is 5.73 Å². The minimum absolute atomic E-state index is 0.323. The SMILES string of the molecule is Cc1cc(-c2cccc(CN3CCOCC3)c2)nc(N)n1. The number of anilines is 1. The van der Waals surface area contributed by atoms with Gasteiger partial charge in [0.25, 0.3) is 0 Å². The van der Waals surface area contributed by atoms with Crippen LogP contribution in [0.3, 0.4) is 0 Å². The summed E-state index contributed by atoms with van der Waals surface area (Å²) >= 11 is 0. The molecule has 0 radical (unpaired) electrons. The maximum Gasteiger partial charge on any atom is 0.220 e. The van der Waals surface area contributed by atoms with E-state index in [9.17, 15) is 0 Å². The van der Waals surface area contributed by atoms with E-state index in [0.29, 0.717) is 5.95 Å². The van der Waals surface area contributed by atoms with Crippen molar-refractivity contribution in [2.45, 2.75) is 13.5 Å². The second kappa shape index (κ2) is 6.20. The molecule has 21 heavy (non-hydrogen) atoms. The third kappa shape index (κ3) is 3.56. The van der Waals surface area contributed by atoms with E-state index in [1.807, 2.05) is 13.0 Å². The molecule has 5 nitrogen and oxygen atoms in total. The van der Waals surface area contributed by atoms with E-state index < -0.39 is 0 Å². The van der Waals surface area contributed by atoms with E-state index in [-0.39, 0.29) is 0 Å². The molecule has 2 heterocycles. The molecule has 1 fully saturated rings. The summed E-state index contributed by atoms with van der Waals surface area (Å²) in [6.07, 6.45) is 0. The van der Waals surface area contributed by atoms with Gasteiger partial charge in [-0.25, -0.2) is 9.97 Å². The van der Waals surface area contributed by atoms with Crippen LogP contribution in [0.2, 0.25) is 0 Å². The van der Waals surface area contributed by atoms with Crippen molar-refractivity contribution in [2.75, 3.05) is 32.0 Å². The molecule has 1 aromatic heterocycles. The first-order valence-electron chi connectivity index (χ1n) is 7.21. The van der Waals surface area contributed by atoms with Crippen molar-refractivity contribution in [1.82, 2.24) is 14.9 Å². The van der Waals surface area contributed by atoms with Gasteiger partial charge in [-0.15, -0.1) is 0 Å². The molecule has 2 N–H and O–H groups in total. The molecule has 0 saturated carbocycles. The number of ether oxygens (including phenoxy) is 1. The van der Waals surface area contributed by atoms with Gasteiger partial charge in [0.15, 0.2) is 0 Å². The fourth-order valence-corrected chi connectivity index (χ4v) is 2.59. The van der Waals surface area contributed by atoms with Gasteiger partial charge >= 0.3 is 0 Å². The van der Waals surface area contributed by atoms with E-state index in [2.05, 4.69) is 39.1 Å². The van der Waals surface area contributed by atoms with Crippen molar-refractivity contribution in [1.29, 1.82) is 0 Å². The van der Waals surface area contributed by atoms with Gasteiger partial charge in [0, 0.05) is 30.9 Å². The van der Waals surface area contributed by atoms with Crippen LogP contribution in [0.4, 0.5) is 5.95 Å². The summed E-state index contributed by atoms with van der Waals surface area (Å²) in [4.78, 5) is 10.9. The Bertz CT molecular complexity index is 603. The molecule has 5 heteroatoms. The Hall–Kier alpha value is -1.98. The Morgan fingerprint density at radius 2 is 2.00 bits per heavy atom. The van der Waals surface area contributed by atoms with Crippen LogP contribution in [0.1, 0.15) is 11.3 Å². The van der Waals surface area contributed by atoms with E-state index in [1.165, 1.54) is 5.56 Å². The molecule has 1 saturated heterocycles. The number of nitrogens with zero attached hydrogens (tertiary/aromatic N) is 3. The fourth-order valence-electron chi connectivity index (χ4n) is 2.59. The predicted molar refractivity (Wildman–Crippen MR) is 82.7 cm³/mol. The molecule has 0 aliphatic carbocycles. The number of hydrogen-bond donors (Lipinski definition) is 1. The van der Waals surface area contributed by atoms with E-state index >= 15 is 0 Å². The third-order valence-electron chi connectivity index (χ3n) is 3.60. The molecule has 0 bridgehead atoms. The van der Waals surface area contributed by atoms with Crippen molar-refractivity contribution >= 4 is 5.95 Å². The number of morpholine rings is 1. The lowest BCUT2D eigenvalue weighted by molar-refractivity contribution is 0.0342. The lowest BCUT2D eigenvalue weighted by atomic mass is 10.1. The van der Waals surface area contributed by atoms with Gasteiger partial charge in [0.05, 0.1) is 18.9 Å². The average molecular weight is 284 g/mol. The second-order valence-electron chi connectivity index (χ2n) is 5.34. The number of rotatable bonds is 3.